The van der Waals surface area contributed by atoms with Gasteiger partial charge in [-0.3, -0.25) is 0 Å². The van der Waals surface area contributed by atoms with Crippen molar-refractivity contribution in [2.75, 3.05) is 4.90 Å². The van der Waals surface area contributed by atoms with E-state index in [2.05, 4.69) is 74.5 Å². The Morgan fingerprint density at radius 1 is 0.420 bits per heavy atom. The molecule has 1 heteroatoms. The van der Waals surface area contributed by atoms with E-state index in [-0.39, 0.29) is 22.2 Å². The number of rotatable bonds is 6. The third-order valence-electron chi connectivity index (χ3n) is 9.83. The van der Waals surface area contributed by atoms with E-state index in [0.717, 1.165) is 49.7 Å². The van der Waals surface area contributed by atoms with Crippen LogP contribution in [0.4, 0.5) is 17.1 Å². The van der Waals surface area contributed by atoms with Crippen molar-refractivity contribution in [3.63, 3.8) is 0 Å². The van der Waals surface area contributed by atoms with Crippen LogP contribution >= 0.6 is 0 Å². The van der Waals surface area contributed by atoms with Gasteiger partial charge in [-0.15, -0.1) is 0 Å². The van der Waals surface area contributed by atoms with Crippen LogP contribution in [0, 0.1) is 0 Å². The molecular weight excluding hydrogens is 603 g/mol. The fourth-order valence-corrected chi connectivity index (χ4v) is 7.30. The van der Waals surface area contributed by atoms with Gasteiger partial charge >= 0.3 is 0 Å². The first-order valence-corrected chi connectivity index (χ1v) is 16.7. The minimum absolute atomic E-state index is 0.0323. The molecule has 8 aromatic carbocycles. The van der Waals surface area contributed by atoms with Crippen LogP contribution in [-0.2, 0) is 5.41 Å². The molecule has 0 spiro atoms. The summed E-state index contributed by atoms with van der Waals surface area (Å²) >= 11 is 0. The molecule has 238 valence electrons. The van der Waals surface area contributed by atoms with Crippen molar-refractivity contribution in [2.24, 2.45) is 0 Å². The highest BCUT2D eigenvalue weighted by molar-refractivity contribution is 5.97. The molecule has 0 fully saturated rings. The second kappa shape index (κ2) is 12.1. The Morgan fingerprint density at radius 3 is 1.90 bits per heavy atom. The minimum Gasteiger partial charge on any atom is -0.310 e. The molecule has 0 saturated carbocycles. The number of anilines is 3. The summed E-state index contributed by atoms with van der Waals surface area (Å²) in [5.41, 5.74) is 8.66. The van der Waals surface area contributed by atoms with Crippen LogP contribution in [0.5, 0.6) is 0 Å². The molecule has 0 aliphatic heterocycles. The van der Waals surface area contributed by atoms with E-state index in [4.69, 9.17) is 6.85 Å². The van der Waals surface area contributed by atoms with E-state index >= 15 is 0 Å². The number of fused-ring (bicyclic) bond motifs is 4. The van der Waals surface area contributed by atoms with Gasteiger partial charge < -0.3 is 4.90 Å². The molecule has 9 rings (SSSR count). The Bertz CT molecular complexity index is 2960. The van der Waals surface area contributed by atoms with Crippen molar-refractivity contribution in [3.05, 3.63) is 199 Å². The second-order valence-electron chi connectivity index (χ2n) is 13.1. The highest BCUT2D eigenvalue weighted by Crippen LogP contribution is 2.50. The van der Waals surface area contributed by atoms with Crippen molar-refractivity contribution in [1.82, 2.24) is 0 Å². The van der Waals surface area contributed by atoms with Crippen LogP contribution in [0.3, 0.4) is 0 Å². The molecule has 0 atom stereocenters. The van der Waals surface area contributed by atoms with Gasteiger partial charge in [0.1, 0.15) is 0 Å². The maximum absolute atomic E-state index is 9.43. The van der Waals surface area contributed by atoms with Crippen LogP contribution in [0.1, 0.15) is 37.3 Å². The minimum atomic E-state index is -0.618. The number of nitrogens with zero attached hydrogens (tertiary/aromatic N) is 1. The SMILES string of the molecule is [2H]c1c([2H])c([2H])c(-c2c([2H])c([2H])c(N(c3ccc(-c4cccc(-c5cccc6ccccc56)c4)cc3)c3ccc4c(c3)C(C)(C)c3ccccc3-4)c([2H])c2[2H])c([2H])c1[2H]. The fourth-order valence-electron chi connectivity index (χ4n) is 7.30. The third kappa shape index (κ3) is 5.11. The molecule has 0 saturated heterocycles. The lowest BCUT2D eigenvalue weighted by atomic mass is 9.82. The molecule has 0 bridgehead atoms. The van der Waals surface area contributed by atoms with Crippen LogP contribution in [0.2, 0.25) is 0 Å². The van der Waals surface area contributed by atoms with E-state index in [9.17, 15) is 5.48 Å². The molecule has 8 aromatic rings. The second-order valence-corrected chi connectivity index (χ2v) is 13.1. The summed E-state index contributed by atoms with van der Waals surface area (Å²) < 4.78 is 79.1. The first-order valence-electron chi connectivity index (χ1n) is 21.2. The van der Waals surface area contributed by atoms with E-state index in [1.54, 1.807) is 4.90 Å². The standard InChI is InChI=1S/C49H37N/c1-49(2)47-21-9-8-19-45(47)46-31-30-42(33-48(46)49)50(40-26-22-35(23-27-40)34-12-4-3-5-13-34)41-28-24-36(25-29-41)38-16-10-17-39(32-38)44-20-11-15-37-14-6-7-18-43(37)44/h3-33H,1-2H3/i3D,4D,5D,12D,13D,22D,23D,26D,27D. The summed E-state index contributed by atoms with van der Waals surface area (Å²) in [6.07, 6.45) is 0. The molecule has 0 aromatic heterocycles. The maximum atomic E-state index is 9.43. The normalized spacial score (nSPS) is 15.3. The van der Waals surface area contributed by atoms with Gasteiger partial charge in [-0.05, 0) is 109 Å². The summed E-state index contributed by atoms with van der Waals surface area (Å²) in [6, 6.07) is 40.1. The highest BCUT2D eigenvalue weighted by atomic mass is 15.1. The van der Waals surface area contributed by atoms with Gasteiger partial charge in [0.05, 0.1) is 12.3 Å². The molecule has 0 N–H and O–H groups in total. The number of hydrogen-bond donors (Lipinski definition) is 0. The van der Waals surface area contributed by atoms with Crippen molar-refractivity contribution in [2.45, 2.75) is 19.3 Å². The van der Waals surface area contributed by atoms with Gasteiger partial charge in [0.2, 0.25) is 0 Å². The summed E-state index contributed by atoms with van der Waals surface area (Å²) in [6.45, 7) is 4.33. The Balaban J connectivity index is 1.21. The lowest BCUT2D eigenvalue weighted by Gasteiger charge is -2.28. The van der Waals surface area contributed by atoms with Gasteiger partial charge in [-0.25, -0.2) is 0 Å². The van der Waals surface area contributed by atoms with Crippen LogP contribution < -0.4 is 4.90 Å². The van der Waals surface area contributed by atoms with E-state index < -0.39 is 54.4 Å². The predicted molar refractivity (Wildman–Crippen MR) is 213 cm³/mol. The molecule has 0 heterocycles. The molecule has 50 heavy (non-hydrogen) atoms. The van der Waals surface area contributed by atoms with Gasteiger partial charge in [0, 0.05) is 22.5 Å². The Morgan fingerprint density at radius 2 is 1.06 bits per heavy atom. The summed E-state index contributed by atoms with van der Waals surface area (Å²) in [5.74, 6) is 0. The predicted octanol–water partition coefficient (Wildman–Crippen LogP) is 13.6. The summed E-state index contributed by atoms with van der Waals surface area (Å²) in [5, 5.41) is 2.32. The maximum Gasteiger partial charge on any atom is 0.0645 e. The van der Waals surface area contributed by atoms with Crippen molar-refractivity contribution in [3.8, 4) is 44.5 Å². The van der Waals surface area contributed by atoms with Crippen molar-refractivity contribution < 1.29 is 12.3 Å². The zero-order valence-corrected chi connectivity index (χ0v) is 27.6. The Hall–Kier alpha value is -6.18. The van der Waals surface area contributed by atoms with Crippen molar-refractivity contribution >= 4 is 27.8 Å². The topological polar surface area (TPSA) is 3.24 Å². The van der Waals surface area contributed by atoms with Gasteiger partial charge in [0.15, 0.2) is 0 Å². The molecule has 0 amide bonds. The zero-order valence-electron chi connectivity index (χ0n) is 36.6. The smallest absolute Gasteiger partial charge is 0.0645 e. The average Bonchev–Trinajstić information content (AvgIpc) is 3.49. The largest absolute Gasteiger partial charge is 0.310 e. The van der Waals surface area contributed by atoms with Gasteiger partial charge in [-0.1, -0.05) is 159 Å². The van der Waals surface area contributed by atoms with Crippen LogP contribution in [-0.4, -0.2) is 0 Å². The molecule has 0 radical (unpaired) electrons. The van der Waals surface area contributed by atoms with E-state index in [1.807, 2.05) is 72.8 Å². The molecule has 1 aliphatic carbocycles. The molecule has 1 aliphatic rings. The Labute approximate surface area is 307 Å². The monoisotopic (exact) mass is 648 g/mol. The third-order valence-corrected chi connectivity index (χ3v) is 9.83. The zero-order chi connectivity index (χ0) is 41.5. The number of benzene rings is 8. The highest BCUT2D eigenvalue weighted by Gasteiger charge is 2.35. The van der Waals surface area contributed by atoms with Crippen LogP contribution in [0.25, 0.3) is 55.3 Å². The summed E-state index contributed by atoms with van der Waals surface area (Å²) in [4.78, 5) is 1.72. The van der Waals surface area contributed by atoms with Gasteiger partial charge in [0.25, 0.3) is 0 Å². The molecular formula is C49H37N. The fraction of sp³-hybridized carbons (Fsp3) is 0.0612. The lowest BCUT2D eigenvalue weighted by Crippen LogP contribution is -2.16. The summed E-state index contributed by atoms with van der Waals surface area (Å²) in [7, 11) is 0. The molecule has 1 nitrogen and oxygen atoms in total. The first kappa shape index (κ1) is 21.7. The number of hydrogen-bond acceptors (Lipinski definition) is 1. The average molecular weight is 649 g/mol. The van der Waals surface area contributed by atoms with E-state index in [0.29, 0.717) is 11.4 Å². The van der Waals surface area contributed by atoms with Gasteiger partial charge in [-0.2, -0.15) is 0 Å². The van der Waals surface area contributed by atoms with Crippen molar-refractivity contribution in [1.29, 1.82) is 0 Å². The lowest BCUT2D eigenvalue weighted by molar-refractivity contribution is 0.660. The van der Waals surface area contributed by atoms with E-state index in [1.165, 1.54) is 5.56 Å². The molecule has 0 unspecified atom stereocenters. The first-order chi connectivity index (χ1) is 28.3. The Kier molecular flexibility index (Phi) is 5.24. The van der Waals surface area contributed by atoms with Crippen LogP contribution in [0.15, 0.2) is 188 Å². The quantitative estimate of drug-likeness (QED) is 0.173.